The highest BCUT2D eigenvalue weighted by Gasteiger charge is 2.30. The van der Waals surface area contributed by atoms with Crippen molar-refractivity contribution in [1.82, 2.24) is 0 Å². The number of carbonyl (C=O) groups is 4. The van der Waals surface area contributed by atoms with Crippen LogP contribution in [0.1, 0.15) is 297 Å². The molecule has 104 heavy (non-hydrogen) atoms. The predicted molar refractivity (Wildman–Crippen MR) is 427 cm³/mol. The summed E-state index contributed by atoms with van der Waals surface area (Å²) >= 11 is 0. The number of hydrogen-bond donors (Lipinski definition) is 3. The molecule has 0 aromatic rings. The number of ether oxygens (including phenoxy) is 4. The van der Waals surface area contributed by atoms with Crippen LogP contribution in [0.3, 0.4) is 0 Å². The number of aliphatic hydroxyl groups excluding tert-OH is 1. The highest BCUT2D eigenvalue weighted by molar-refractivity contribution is 7.47. The van der Waals surface area contributed by atoms with Crippen molar-refractivity contribution in [2.75, 3.05) is 39.6 Å². The SMILES string of the molecule is CC/C=C\C/C=C\C/C=C\C/C=C\CCCCCCC(=O)OCC(COP(=O)(O)OCC(O)COP(=O)(O)OCC(COC(=O)CCCCCC/C=C\C/C=C\C/C=C\C/C=C\CC)OC(=O)CCCCCCCCC/C=C\C/C=C\C/C=C\CC)OC(=O)CCCCCCC/C=C\C/C=C\CCC. The minimum atomic E-state index is -4.99. The molecule has 0 fully saturated rings. The van der Waals surface area contributed by atoms with Gasteiger partial charge in [-0.25, -0.2) is 9.13 Å². The highest BCUT2D eigenvalue weighted by atomic mass is 31.2. The van der Waals surface area contributed by atoms with Crippen LogP contribution in [-0.4, -0.2) is 96.7 Å². The van der Waals surface area contributed by atoms with Crippen molar-refractivity contribution in [3.8, 4) is 0 Å². The molecule has 17 nitrogen and oxygen atoms in total. The van der Waals surface area contributed by atoms with Crippen LogP contribution in [0, 0.1) is 0 Å². The molecule has 5 unspecified atom stereocenters. The number of hydrogen-bond acceptors (Lipinski definition) is 15. The lowest BCUT2D eigenvalue weighted by molar-refractivity contribution is -0.161. The van der Waals surface area contributed by atoms with E-state index in [1.807, 2.05) is 0 Å². The highest BCUT2D eigenvalue weighted by Crippen LogP contribution is 2.45. The van der Waals surface area contributed by atoms with E-state index in [4.69, 9.17) is 37.0 Å². The van der Waals surface area contributed by atoms with Gasteiger partial charge in [0.25, 0.3) is 0 Å². The molecule has 0 aromatic heterocycles. The first kappa shape index (κ1) is 98.7. The Morgan fingerprint density at radius 2 is 0.500 bits per heavy atom. The number of allylic oxidation sites excluding steroid dienone is 26. The average molecular weight is 1500 g/mol. The van der Waals surface area contributed by atoms with Crippen molar-refractivity contribution in [3.63, 3.8) is 0 Å². The molecule has 0 rings (SSSR count). The Morgan fingerprint density at radius 3 is 0.769 bits per heavy atom. The van der Waals surface area contributed by atoms with Gasteiger partial charge in [-0.3, -0.25) is 37.3 Å². The molecule has 0 bridgehead atoms. The maximum absolute atomic E-state index is 13.1. The summed E-state index contributed by atoms with van der Waals surface area (Å²) in [5, 5.41) is 10.6. The van der Waals surface area contributed by atoms with Gasteiger partial charge in [0.1, 0.15) is 19.3 Å². The molecule has 0 aliphatic heterocycles. The number of unbranched alkanes of at least 4 members (excludes halogenated alkanes) is 21. The monoisotopic (exact) mass is 1490 g/mol. The predicted octanol–water partition coefficient (Wildman–Crippen LogP) is 23.2. The van der Waals surface area contributed by atoms with Crippen molar-refractivity contribution in [1.29, 1.82) is 0 Å². The molecule has 0 aromatic carbocycles. The van der Waals surface area contributed by atoms with Crippen molar-refractivity contribution < 1.29 is 80.2 Å². The van der Waals surface area contributed by atoms with E-state index < -0.39 is 97.5 Å². The van der Waals surface area contributed by atoms with E-state index in [-0.39, 0.29) is 25.7 Å². The first-order chi connectivity index (χ1) is 50.7. The Labute approximate surface area is 629 Å². The van der Waals surface area contributed by atoms with Gasteiger partial charge >= 0.3 is 39.5 Å². The van der Waals surface area contributed by atoms with Crippen LogP contribution in [0.4, 0.5) is 0 Å². The molecule has 0 heterocycles. The number of aliphatic hydroxyl groups is 1. The van der Waals surface area contributed by atoms with Crippen LogP contribution >= 0.6 is 15.6 Å². The molecule has 5 atom stereocenters. The number of esters is 4. The van der Waals surface area contributed by atoms with Crippen LogP contribution in [0.2, 0.25) is 0 Å². The van der Waals surface area contributed by atoms with Gasteiger partial charge in [0, 0.05) is 25.7 Å². The molecular weight excluding hydrogens is 1350 g/mol. The second-order valence-electron chi connectivity index (χ2n) is 25.9. The Kier molecular flexibility index (Phi) is 72.0. The summed E-state index contributed by atoms with van der Waals surface area (Å²) in [4.78, 5) is 73.0. The lowest BCUT2D eigenvalue weighted by Gasteiger charge is -2.21. The third-order valence-corrected chi connectivity index (χ3v) is 17.9. The summed E-state index contributed by atoms with van der Waals surface area (Å²) in [6, 6.07) is 0. The standard InChI is InChI=1S/C85H140O17P2/c1-5-9-13-17-21-25-29-33-36-39-42-46-49-53-57-61-65-69-82(87)95-75-80(101-84(89)71-67-63-59-55-51-45-32-28-24-20-16-12-8-4)77-99-103(91,92)97-73-79(86)74-98-104(93,94)100-78-81(102-85(90)72-68-64-60-56-52-48-44-41-38-35-31-27-23-19-15-11-7-3)76-96-83(88)70-66-62-58-54-50-47-43-40-37-34-30-26-22-18-14-10-6-2/h9-11,13-16,20-23,25-28,32-38,42-43,46-47,79-81,86H,5-8,12,17-19,24,29-31,39-41,44-45,48-78H2,1-4H3,(H,91,92)(H,93,94)/b13-9-,14-10-,15-11-,20-16-,25-21-,26-22-,27-23-,32-28-,36-33-,37-34-,38-35-,46-42-,47-43-. The molecule has 0 aliphatic rings. The molecule has 0 radical (unpaired) electrons. The molecule has 0 saturated heterocycles. The molecule has 0 spiro atoms. The largest absolute Gasteiger partial charge is 0.472 e. The second kappa shape index (κ2) is 75.9. The van der Waals surface area contributed by atoms with Crippen LogP contribution in [-0.2, 0) is 65.4 Å². The van der Waals surface area contributed by atoms with E-state index in [0.717, 1.165) is 218 Å². The van der Waals surface area contributed by atoms with Crippen LogP contribution in [0.5, 0.6) is 0 Å². The fourth-order valence-electron chi connectivity index (χ4n) is 10.0. The fourth-order valence-corrected chi connectivity index (χ4v) is 11.6. The van der Waals surface area contributed by atoms with Crippen LogP contribution in [0.25, 0.3) is 0 Å². The van der Waals surface area contributed by atoms with Crippen LogP contribution in [0.15, 0.2) is 158 Å². The zero-order chi connectivity index (χ0) is 76.0. The van der Waals surface area contributed by atoms with Gasteiger partial charge in [-0.05, 0) is 161 Å². The molecule has 592 valence electrons. The number of phosphoric acid groups is 2. The summed E-state index contributed by atoms with van der Waals surface area (Å²) < 4.78 is 68.6. The quantitative estimate of drug-likeness (QED) is 0.0169. The summed E-state index contributed by atoms with van der Waals surface area (Å²) in [5.74, 6) is -2.26. The number of rotatable bonds is 73. The molecule has 3 N–H and O–H groups in total. The lowest BCUT2D eigenvalue weighted by Crippen LogP contribution is -2.30. The first-order valence-electron chi connectivity index (χ1n) is 39.7. The average Bonchev–Trinajstić information content (AvgIpc) is 0.910. The molecule has 0 aliphatic carbocycles. The van der Waals surface area contributed by atoms with Crippen molar-refractivity contribution in [2.24, 2.45) is 0 Å². The zero-order valence-corrected chi connectivity index (χ0v) is 66.4. The zero-order valence-electron chi connectivity index (χ0n) is 64.6. The van der Waals surface area contributed by atoms with Gasteiger partial charge < -0.3 is 33.8 Å². The van der Waals surface area contributed by atoms with Crippen molar-refractivity contribution in [2.45, 2.75) is 316 Å². The number of carbonyl (C=O) groups excluding carboxylic acids is 4. The third kappa shape index (κ3) is 74.9. The first-order valence-corrected chi connectivity index (χ1v) is 42.7. The minimum absolute atomic E-state index is 0.0678. The van der Waals surface area contributed by atoms with E-state index in [9.17, 15) is 43.2 Å². The molecule has 19 heteroatoms. The minimum Gasteiger partial charge on any atom is -0.462 e. The lowest BCUT2D eigenvalue weighted by atomic mass is 10.1. The van der Waals surface area contributed by atoms with Gasteiger partial charge in [0.15, 0.2) is 12.2 Å². The van der Waals surface area contributed by atoms with Crippen molar-refractivity contribution >= 4 is 39.5 Å². The Hall–Kier alpha value is -5.32. The topological polar surface area (TPSA) is 237 Å². The summed E-state index contributed by atoms with van der Waals surface area (Å²) in [6.07, 6.45) is 87.9. The molecule has 0 saturated carbocycles. The van der Waals surface area contributed by atoms with E-state index in [1.54, 1.807) is 0 Å². The Morgan fingerprint density at radius 1 is 0.279 bits per heavy atom. The van der Waals surface area contributed by atoms with E-state index in [1.165, 1.54) is 0 Å². The molecular formula is C85H140O17P2. The maximum atomic E-state index is 13.1. The van der Waals surface area contributed by atoms with E-state index in [2.05, 4.69) is 186 Å². The Bertz CT molecular complexity index is 2590. The van der Waals surface area contributed by atoms with Gasteiger partial charge in [-0.15, -0.1) is 0 Å². The maximum Gasteiger partial charge on any atom is 0.472 e. The third-order valence-electron chi connectivity index (χ3n) is 15.9. The van der Waals surface area contributed by atoms with Crippen molar-refractivity contribution in [3.05, 3.63) is 158 Å². The van der Waals surface area contributed by atoms with E-state index in [0.29, 0.717) is 25.7 Å². The van der Waals surface area contributed by atoms with Gasteiger partial charge in [-0.1, -0.05) is 269 Å². The van der Waals surface area contributed by atoms with Crippen LogP contribution < -0.4 is 0 Å². The summed E-state index contributed by atoms with van der Waals surface area (Å²) in [7, 11) is -9.99. The normalized spacial score (nSPS) is 14.7. The van der Waals surface area contributed by atoms with Gasteiger partial charge in [0.2, 0.25) is 0 Å². The van der Waals surface area contributed by atoms with E-state index >= 15 is 0 Å². The molecule has 0 amide bonds. The summed E-state index contributed by atoms with van der Waals surface area (Å²) in [6.45, 7) is 4.39. The van der Waals surface area contributed by atoms with Gasteiger partial charge in [-0.2, -0.15) is 0 Å². The number of phosphoric ester groups is 2. The second-order valence-corrected chi connectivity index (χ2v) is 28.8. The summed E-state index contributed by atoms with van der Waals surface area (Å²) in [5.41, 5.74) is 0. The smallest absolute Gasteiger partial charge is 0.462 e. The Balaban J connectivity index is 5.43. The van der Waals surface area contributed by atoms with Gasteiger partial charge in [0.05, 0.1) is 26.4 Å². The fraction of sp³-hybridized carbons (Fsp3) is 0.647.